The maximum Gasteiger partial charge on any atom is 0.459 e. The zero-order valence-electron chi connectivity index (χ0n) is 23.5. The summed E-state index contributed by atoms with van der Waals surface area (Å²) in [7, 11) is -2.71. The summed E-state index contributed by atoms with van der Waals surface area (Å²) in [5.74, 6) is -0.750. The van der Waals surface area contributed by atoms with E-state index in [4.69, 9.17) is 19.5 Å². The van der Waals surface area contributed by atoms with Crippen LogP contribution in [-0.2, 0) is 20.3 Å². The third-order valence-electron chi connectivity index (χ3n) is 7.32. The Morgan fingerprint density at radius 3 is 2.80 bits per heavy atom. The number of carboxylic acids is 1. The van der Waals surface area contributed by atoms with Gasteiger partial charge in [-0.1, -0.05) is 46.3 Å². The summed E-state index contributed by atoms with van der Waals surface area (Å²) in [5.41, 5.74) is 8.51. The first kappa shape index (κ1) is 29.8. The molecule has 2 aromatic carbocycles. The second-order valence-electron chi connectivity index (χ2n) is 10.3. The largest absolute Gasteiger partial charge is 0.480 e. The predicted octanol–water partition coefficient (Wildman–Crippen LogP) is 5.27. The van der Waals surface area contributed by atoms with E-state index in [9.17, 15) is 14.5 Å². The van der Waals surface area contributed by atoms with Gasteiger partial charge in [-0.3, -0.25) is 9.32 Å². The van der Waals surface area contributed by atoms with E-state index in [1.54, 1.807) is 36.8 Å². The number of aliphatic carboxylic acids is 1. The van der Waals surface area contributed by atoms with E-state index in [2.05, 4.69) is 41.0 Å². The van der Waals surface area contributed by atoms with Crippen LogP contribution in [0, 0.1) is 5.92 Å². The molecule has 1 aliphatic carbocycles. The molecule has 5 aromatic rings. The lowest BCUT2D eigenvalue weighted by Gasteiger charge is -2.25. The number of carbonyl (C=O) groups is 1. The van der Waals surface area contributed by atoms with Crippen molar-refractivity contribution in [3.63, 3.8) is 0 Å². The molecule has 4 atom stereocenters. The zero-order valence-corrected chi connectivity index (χ0v) is 25.9. The van der Waals surface area contributed by atoms with E-state index < -0.39 is 19.8 Å². The van der Waals surface area contributed by atoms with E-state index in [0.29, 0.717) is 17.6 Å². The SMILES string of the molecule is COc1nc(N)nc2c1ncn2[C@H]1C=C[C@@H](COP(=O)(NC(Cc2c[nH]c3ccccc23)C(=O)O)Oc2ccc(Br)cc2)C1. The molecule has 0 aliphatic heterocycles. The Morgan fingerprint density at radius 1 is 1.23 bits per heavy atom. The molecule has 5 N–H and O–H groups in total. The minimum Gasteiger partial charge on any atom is -0.480 e. The van der Waals surface area contributed by atoms with Crippen molar-refractivity contribution in [3.05, 3.63) is 83.2 Å². The molecule has 228 valence electrons. The second kappa shape index (κ2) is 12.4. The fourth-order valence-electron chi connectivity index (χ4n) is 5.19. The van der Waals surface area contributed by atoms with Crippen molar-refractivity contribution in [1.82, 2.24) is 29.6 Å². The third-order valence-corrected chi connectivity index (χ3v) is 9.41. The molecular weight excluding hydrogens is 653 g/mol. The van der Waals surface area contributed by atoms with Crippen LogP contribution in [0.3, 0.4) is 0 Å². The highest BCUT2D eigenvalue weighted by molar-refractivity contribution is 9.10. The highest BCUT2D eigenvalue weighted by Gasteiger charge is 2.36. The number of para-hydroxylation sites is 1. The molecular formula is C29H29BrN7O6P. The fraction of sp³-hybridized carbons (Fsp3) is 0.241. The van der Waals surface area contributed by atoms with Crippen molar-refractivity contribution in [2.75, 3.05) is 19.5 Å². The van der Waals surface area contributed by atoms with E-state index in [-0.39, 0.29) is 42.6 Å². The van der Waals surface area contributed by atoms with Crippen LogP contribution in [0.25, 0.3) is 22.1 Å². The Bertz CT molecular complexity index is 1890. The fourth-order valence-corrected chi connectivity index (χ4v) is 7.01. The number of carboxylic acid groups (broad SMARTS) is 1. The maximum absolute atomic E-state index is 14.2. The third kappa shape index (κ3) is 6.34. The van der Waals surface area contributed by atoms with Gasteiger partial charge in [0.25, 0.3) is 0 Å². The van der Waals surface area contributed by atoms with Crippen LogP contribution in [-0.4, -0.2) is 55.3 Å². The average molecular weight is 682 g/mol. The van der Waals surface area contributed by atoms with Crippen molar-refractivity contribution in [2.45, 2.75) is 24.9 Å². The molecule has 0 amide bonds. The van der Waals surface area contributed by atoms with Gasteiger partial charge in [0.15, 0.2) is 11.2 Å². The van der Waals surface area contributed by atoms with Crippen molar-refractivity contribution < 1.29 is 28.3 Å². The van der Waals surface area contributed by atoms with Gasteiger partial charge in [-0.05, 0) is 42.3 Å². The molecule has 2 unspecified atom stereocenters. The van der Waals surface area contributed by atoms with Crippen molar-refractivity contribution in [2.24, 2.45) is 5.92 Å². The number of imidazole rings is 1. The maximum atomic E-state index is 14.2. The van der Waals surface area contributed by atoms with Crippen LogP contribution in [0.15, 0.2) is 77.7 Å². The summed E-state index contributed by atoms with van der Waals surface area (Å²) in [6.07, 6.45) is 7.94. The number of nitrogens with one attached hydrogen (secondary N) is 2. The second-order valence-corrected chi connectivity index (χ2v) is 12.9. The number of aromatic nitrogens is 5. The van der Waals surface area contributed by atoms with Gasteiger partial charge in [0.1, 0.15) is 11.8 Å². The van der Waals surface area contributed by atoms with Gasteiger partial charge in [0.05, 0.1) is 26.1 Å². The van der Waals surface area contributed by atoms with E-state index in [1.165, 1.54) is 7.11 Å². The molecule has 0 fully saturated rings. The van der Waals surface area contributed by atoms with Crippen LogP contribution >= 0.6 is 23.7 Å². The number of aromatic amines is 1. The molecule has 15 heteroatoms. The molecule has 0 saturated heterocycles. The molecule has 0 bridgehead atoms. The van der Waals surface area contributed by atoms with Gasteiger partial charge in [0, 0.05) is 33.9 Å². The van der Waals surface area contributed by atoms with Gasteiger partial charge < -0.3 is 29.7 Å². The summed E-state index contributed by atoms with van der Waals surface area (Å²) in [5, 5.41) is 13.7. The Balaban J connectivity index is 1.20. The Morgan fingerprint density at radius 2 is 2.02 bits per heavy atom. The number of H-pyrrole nitrogens is 1. The molecule has 3 heterocycles. The summed E-state index contributed by atoms with van der Waals surface area (Å²) >= 11 is 3.37. The highest BCUT2D eigenvalue weighted by atomic mass is 79.9. The normalized spacial score (nSPS) is 18.4. The molecule has 0 saturated carbocycles. The molecule has 1 aliphatic rings. The summed E-state index contributed by atoms with van der Waals surface area (Å²) in [6, 6.07) is 12.9. The van der Waals surface area contributed by atoms with Crippen molar-refractivity contribution >= 4 is 57.7 Å². The molecule has 13 nitrogen and oxygen atoms in total. The lowest BCUT2D eigenvalue weighted by molar-refractivity contribution is -0.139. The lowest BCUT2D eigenvalue weighted by Crippen LogP contribution is -2.38. The molecule has 0 radical (unpaired) electrons. The van der Waals surface area contributed by atoms with Crippen LogP contribution in [0.1, 0.15) is 18.0 Å². The van der Waals surface area contributed by atoms with Crippen molar-refractivity contribution in [1.29, 1.82) is 0 Å². The van der Waals surface area contributed by atoms with Crippen LogP contribution in [0.2, 0.25) is 0 Å². The van der Waals surface area contributed by atoms with Gasteiger partial charge in [-0.15, -0.1) is 0 Å². The number of ether oxygens (including phenoxy) is 1. The van der Waals surface area contributed by atoms with E-state index >= 15 is 0 Å². The Labute approximate surface area is 260 Å². The smallest absolute Gasteiger partial charge is 0.459 e. The minimum atomic E-state index is -4.20. The first-order valence-electron chi connectivity index (χ1n) is 13.7. The number of hydrogen-bond donors (Lipinski definition) is 4. The molecule has 3 aromatic heterocycles. The van der Waals surface area contributed by atoms with Gasteiger partial charge in [-0.2, -0.15) is 15.1 Å². The number of nitrogens with zero attached hydrogens (tertiary/aromatic N) is 4. The highest BCUT2D eigenvalue weighted by Crippen LogP contribution is 2.47. The standard InChI is InChI=1S/C29H29BrN7O6P/c1-41-27-25-26(34-29(31)35-27)37(16-33-25)20-9-6-17(12-20)15-42-44(40,43-21-10-7-19(30)8-11-21)36-24(28(38)39)13-18-14-32-23-5-3-2-4-22(18)23/h2-11,14,16-17,20,24,32H,12-13,15H2,1H3,(H,36,40)(H,38,39)(H2,31,34,35)/t17-,20+,24?,44?/m1/s1. The summed E-state index contributed by atoms with van der Waals surface area (Å²) < 4.78 is 34.0. The average Bonchev–Trinajstić information content (AvgIpc) is 3.75. The number of methoxy groups -OCH3 is 1. The molecule has 0 spiro atoms. The monoisotopic (exact) mass is 681 g/mol. The minimum absolute atomic E-state index is 0.000302. The number of benzene rings is 2. The Hall–Kier alpha value is -4.23. The van der Waals surface area contributed by atoms with Crippen LogP contribution in [0.5, 0.6) is 11.6 Å². The number of halogens is 1. The van der Waals surface area contributed by atoms with Crippen molar-refractivity contribution in [3.8, 4) is 11.6 Å². The number of anilines is 1. The van der Waals surface area contributed by atoms with Gasteiger partial charge in [-0.25, -0.2) is 9.55 Å². The number of allylic oxidation sites excluding steroid dienone is 1. The topological polar surface area (TPSA) is 179 Å². The number of nitrogen functional groups attached to an aromatic ring is 1. The molecule has 6 rings (SSSR count). The van der Waals surface area contributed by atoms with E-state index in [0.717, 1.165) is 20.9 Å². The van der Waals surface area contributed by atoms with Crippen LogP contribution in [0.4, 0.5) is 5.95 Å². The number of hydrogen-bond acceptors (Lipinski definition) is 9. The molecule has 44 heavy (non-hydrogen) atoms. The first-order chi connectivity index (χ1) is 21.2. The summed E-state index contributed by atoms with van der Waals surface area (Å²) in [4.78, 5) is 28.3. The number of rotatable bonds is 12. The zero-order chi connectivity index (χ0) is 30.8. The quantitative estimate of drug-likeness (QED) is 0.0995. The van der Waals surface area contributed by atoms with Gasteiger partial charge >= 0.3 is 13.7 Å². The van der Waals surface area contributed by atoms with Crippen LogP contribution < -0.4 is 20.1 Å². The first-order valence-corrected chi connectivity index (χ1v) is 16.0. The Kier molecular flexibility index (Phi) is 8.41. The predicted molar refractivity (Wildman–Crippen MR) is 167 cm³/mol. The number of nitrogens with two attached hydrogens (primary N) is 1. The van der Waals surface area contributed by atoms with Gasteiger partial charge in [0.2, 0.25) is 11.8 Å². The lowest BCUT2D eigenvalue weighted by atomic mass is 10.1. The summed E-state index contributed by atoms with van der Waals surface area (Å²) in [6.45, 7) is 0.000302. The number of fused-ring (bicyclic) bond motifs is 2. The van der Waals surface area contributed by atoms with E-state index in [1.807, 2.05) is 41.0 Å².